The van der Waals surface area contributed by atoms with Crippen LogP contribution in [0.5, 0.6) is 0 Å². The van der Waals surface area contributed by atoms with Crippen LogP contribution in [-0.4, -0.2) is 24.0 Å². The number of rotatable bonds is 5. The molecule has 0 saturated carbocycles. The first-order chi connectivity index (χ1) is 6.11. The number of hydrogen-bond donors (Lipinski definition) is 0. The van der Waals surface area contributed by atoms with Crippen molar-refractivity contribution in [2.24, 2.45) is 0 Å². The Balaban J connectivity index is 4.03. The van der Waals surface area contributed by atoms with Crippen LogP contribution in [0.2, 0.25) is 0 Å². The minimum Gasteiger partial charge on any atom is -0.296 e. The van der Waals surface area contributed by atoms with Crippen LogP contribution in [0.15, 0.2) is 11.1 Å². The predicted molar refractivity (Wildman–Crippen MR) is 56.5 cm³/mol. The highest BCUT2D eigenvalue weighted by atomic mass is 35.5. The van der Waals surface area contributed by atoms with Gasteiger partial charge in [0, 0.05) is 31.1 Å². The molecular weight excluding hydrogens is 184 g/mol. The van der Waals surface area contributed by atoms with Gasteiger partial charge in [0.15, 0.2) is 0 Å². The third-order valence-corrected chi connectivity index (χ3v) is 2.25. The third-order valence-electron chi connectivity index (χ3n) is 1.88. The van der Waals surface area contributed by atoms with Crippen molar-refractivity contribution in [2.75, 3.05) is 13.1 Å². The van der Waals surface area contributed by atoms with Crippen molar-refractivity contribution in [3.05, 3.63) is 11.1 Å². The maximum absolute atomic E-state index is 8.47. The van der Waals surface area contributed by atoms with Gasteiger partial charge in [0.25, 0.3) is 0 Å². The van der Waals surface area contributed by atoms with Crippen LogP contribution in [0.4, 0.5) is 0 Å². The molecule has 0 fully saturated rings. The van der Waals surface area contributed by atoms with Crippen LogP contribution in [0.1, 0.15) is 27.2 Å². The SMILES string of the molecule is CC(=CCl)CN(CCC#N)C(C)C. The van der Waals surface area contributed by atoms with Crippen molar-refractivity contribution < 1.29 is 0 Å². The van der Waals surface area contributed by atoms with E-state index in [9.17, 15) is 0 Å². The summed E-state index contributed by atoms with van der Waals surface area (Å²) in [5, 5.41) is 8.47. The minimum atomic E-state index is 0.458. The van der Waals surface area contributed by atoms with Gasteiger partial charge in [-0.25, -0.2) is 0 Å². The summed E-state index contributed by atoms with van der Waals surface area (Å²) in [6, 6.07) is 2.61. The molecule has 0 aliphatic heterocycles. The number of nitriles is 1. The Hall–Kier alpha value is -0.520. The maximum Gasteiger partial charge on any atom is 0.0635 e. The molecule has 0 aliphatic carbocycles. The van der Waals surface area contributed by atoms with Crippen molar-refractivity contribution >= 4 is 11.6 Å². The van der Waals surface area contributed by atoms with Gasteiger partial charge in [0.1, 0.15) is 0 Å². The zero-order valence-electron chi connectivity index (χ0n) is 8.55. The Morgan fingerprint density at radius 2 is 2.23 bits per heavy atom. The van der Waals surface area contributed by atoms with Crippen LogP contribution >= 0.6 is 11.6 Å². The summed E-state index contributed by atoms with van der Waals surface area (Å²) in [5.41, 5.74) is 2.73. The second-order valence-electron chi connectivity index (χ2n) is 3.43. The van der Waals surface area contributed by atoms with E-state index in [0.29, 0.717) is 12.5 Å². The van der Waals surface area contributed by atoms with E-state index < -0.39 is 0 Å². The summed E-state index contributed by atoms with van der Waals surface area (Å²) in [5.74, 6) is 0. The van der Waals surface area contributed by atoms with Crippen molar-refractivity contribution in [2.45, 2.75) is 33.2 Å². The Bertz CT molecular complexity index is 203. The molecule has 13 heavy (non-hydrogen) atoms. The van der Waals surface area contributed by atoms with Crippen LogP contribution in [0, 0.1) is 11.3 Å². The molecule has 0 spiro atoms. The molecule has 0 aromatic rings. The van der Waals surface area contributed by atoms with Crippen molar-refractivity contribution in [3.8, 4) is 6.07 Å². The second kappa shape index (κ2) is 6.94. The highest BCUT2D eigenvalue weighted by Crippen LogP contribution is 2.05. The molecule has 0 rings (SSSR count). The van der Waals surface area contributed by atoms with Gasteiger partial charge in [-0.3, -0.25) is 4.90 Å². The van der Waals surface area contributed by atoms with Gasteiger partial charge in [-0.1, -0.05) is 11.6 Å². The lowest BCUT2D eigenvalue weighted by atomic mass is 10.2. The van der Waals surface area contributed by atoms with Gasteiger partial charge in [-0.15, -0.1) is 0 Å². The molecule has 3 heteroatoms. The largest absolute Gasteiger partial charge is 0.296 e. The maximum atomic E-state index is 8.47. The van der Waals surface area contributed by atoms with Gasteiger partial charge < -0.3 is 0 Å². The van der Waals surface area contributed by atoms with E-state index in [1.807, 2.05) is 6.92 Å². The van der Waals surface area contributed by atoms with Crippen molar-refractivity contribution in [1.82, 2.24) is 4.90 Å². The molecule has 0 aromatic carbocycles. The van der Waals surface area contributed by atoms with Crippen LogP contribution in [0.25, 0.3) is 0 Å². The van der Waals surface area contributed by atoms with Crippen LogP contribution in [0.3, 0.4) is 0 Å². The smallest absolute Gasteiger partial charge is 0.0635 e. The summed E-state index contributed by atoms with van der Waals surface area (Å²) in [4.78, 5) is 2.23. The van der Waals surface area contributed by atoms with Gasteiger partial charge in [-0.05, 0) is 26.3 Å². The van der Waals surface area contributed by atoms with E-state index in [1.165, 1.54) is 0 Å². The molecule has 0 aliphatic rings. The van der Waals surface area contributed by atoms with Crippen molar-refractivity contribution in [1.29, 1.82) is 5.26 Å². The predicted octanol–water partition coefficient (Wildman–Crippen LogP) is 2.75. The molecule has 0 N–H and O–H groups in total. The minimum absolute atomic E-state index is 0.458. The summed E-state index contributed by atoms with van der Waals surface area (Å²) in [6.07, 6.45) is 0.577. The quantitative estimate of drug-likeness (QED) is 0.683. The molecule has 0 heterocycles. The fourth-order valence-electron chi connectivity index (χ4n) is 1.07. The zero-order valence-corrected chi connectivity index (χ0v) is 9.30. The Kier molecular flexibility index (Phi) is 6.66. The molecule has 0 unspecified atom stereocenters. The van der Waals surface area contributed by atoms with E-state index in [1.54, 1.807) is 5.54 Å². The standard InChI is InChI=1S/C10H17ClN2/c1-9(2)13(6-4-5-12)8-10(3)7-11/h7,9H,4,6,8H2,1-3H3. The fraction of sp³-hybridized carbons (Fsp3) is 0.700. The monoisotopic (exact) mass is 200 g/mol. The molecule has 0 saturated heterocycles. The lowest BCUT2D eigenvalue weighted by Crippen LogP contribution is -2.33. The number of hydrogen-bond acceptors (Lipinski definition) is 2. The van der Waals surface area contributed by atoms with Crippen LogP contribution < -0.4 is 0 Å². The average molecular weight is 201 g/mol. The van der Waals surface area contributed by atoms with Crippen molar-refractivity contribution in [3.63, 3.8) is 0 Å². The lowest BCUT2D eigenvalue weighted by molar-refractivity contribution is 0.246. The van der Waals surface area contributed by atoms with E-state index in [-0.39, 0.29) is 0 Å². The van der Waals surface area contributed by atoms with E-state index in [4.69, 9.17) is 16.9 Å². The highest BCUT2D eigenvalue weighted by molar-refractivity contribution is 6.25. The Morgan fingerprint density at radius 3 is 2.62 bits per heavy atom. The number of nitrogens with zero attached hydrogens (tertiary/aromatic N) is 2. The topological polar surface area (TPSA) is 27.0 Å². The van der Waals surface area contributed by atoms with Gasteiger partial charge >= 0.3 is 0 Å². The summed E-state index contributed by atoms with van der Waals surface area (Å²) < 4.78 is 0. The summed E-state index contributed by atoms with van der Waals surface area (Å²) in [7, 11) is 0. The molecule has 0 atom stereocenters. The first-order valence-electron chi connectivity index (χ1n) is 4.48. The first kappa shape index (κ1) is 12.5. The molecule has 0 radical (unpaired) electrons. The molecule has 0 bridgehead atoms. The molecule has 74 valence electrons. The average Bonchev–Trinajstić information content (AvgIpc) is 2.11. The molecule has 0 aromatic heterocycles. The highest BCUT2D eigenvalue weighted by Gasteiger charge is 2.08. The normalized spacial score (nSPS) is 12.2. The Labute approximate surface area is 85.8 Å². The van der Waals surface area contributed by atoms with Gasteiger partial charge in [-0.2, -0.15) is 5.26 Å². The van der Waals surface area contributed by atoms with E-state index >= 15 is 0 Å². The van der Waals surface area contributed by atoms with E-state index in [0.717, 1.165) is 18.7 Å². The van der Waals surface area contributed by atoms with Gasteiger partial charge in [0.05, 0.1) is 6.07 Å². The third kappa shape index (κ3) is 5.68. The summed E-state index contributed by atoms with van der Waals surface area (Å²) in [6.45, 7) is 7.91. The van der Waals surface area contributed by atoms with Gasteiger partial charge in [0.2, 0.25) is 0 Å². The van der Waals surface area contributed by atoms with Crippen LogP contribution in [-0.2, 0) is 0 Å². The number of halogens is 1. The Morgan fingerprint density at radius 1 is 1.62 bits per heavy atom. The summed E-state index contributed by atoms with van der Waals surface area (Å²) >= 11 is 5.58. The molecular formula is C10H17ClN2. The fourth-order valence-corrected chi connectivity index (χ4v) is 1.14. The lowest BCUT2D eigenvalue weighted by Gasteiger charge is -2.25. The van der Waals surface area contributed by atoms with E-state index in [2.05, 4.69) is 24.8 Å². The molecule has 2 nitrogen and oxygen atoms in total. The first-order valence-corrected chi connectivity index (χ1v) is 4.92. The zero-order chi connectivity index (χ0) is 10.3. The second-order valence-corrected chi connectivity index (χ2v) is 3.65. The molecule has 0 amide bonds.